The number of ether oxygens (including phenoxy) is 4. The number of aliphatic hydroxyl groups is 4. The quantitative estimate of drug-likeness (QED) is 0.0644. The minimum Gasteiger partial charge on any atom is -0.462 e. The van der Waals surface area contributed by atoms with Crippen LogP contribution < -0.4 is 0 Å². The van der Waals surface area contributed by atoms with Crippen LogP contribution in [0, 0.1) is 0 Å². The van der Waals surface area contributed by atoms with Crippen molar-refractivity contribution >= 4 is 11.9 Å². The fourth-order valence-corrected chi connectivity index (χ4v) is 5.36. The second-order valence-corrected chi connectivity index (χ2v) is 12.3. The largest absolute Gasteiger partial charge is 0.462 e. The van der Waals surface area contributed by atoms with Gasteiger partial charge in [0.15, 0.2) is 12.4 Å². The number of carbonyl (C=O) groups excluding carboxylic acids is 2. The van der Waals surface area contributed by atoms with Gasteiger partial charge < -0.3 is 39.4 Å². The van der Waals surface area contributed by atoms with Crippen molar-refractivity contribution in [3.05, 3.63) is 0 Å². The summed E-state index contributed by atoms with van der Waals surface area (Å²) >= 11 is 0. The summed E-state index contributed by atoms with van der Waals surface area (Å²) < 4.78 is 21.9. The minimum atomic E-state index is -1.59. The highest BCUT2D eigenvalue weighted by Crippen LogP contribution is 2.22. The molecule has 4 N–H and O–H groups in total. The van der Waals surface area contributed by atoms with Crippen LogP contribution in [-0.2, 0) is 28.5 Å². The van der Waals surface area contributed by atoms with Crippen LogP contribution in [0.3, 0.4) is 0 Å². The van der Waals surface area contributed by atoms with Crippen LogP contribution in [0.15, 0.2) is 0 Å². The first-order chi connectivity index (χ1) is 21.3. The molecule has 1 saturated heterocycles. The van der Waals surface area contributed by atoms with Crippen molar-refractivity contribution in [2.75, 3.05) is 19.8 Å². The van der Waals surface area contributed by atoms with Crippen molar-refractivity contribution in [2.45, 2.75) is 185 Å². The lowest BCUT2D eigenvalue weighted by molar-refractivity contribution is -0.305. The van der Waals surface area contributed by atoms with E-state index in [1.54, 1.807) is 0 Å². The molecular formula is C34H64O10. The maximum Gasteiger partial charge on any atom is 0.306 e. The van der Waals surface area contributed by atoms with Gasteiger partial charge in [-0.3, -0.25) is 9.59 Å². The van der Waals surface area contributed by atoms with Gasteiger partial charge in [-0.25, -0.2) is 0 Å². The fraction of sp³-hybridized carbons (Fsp3) is 0.941. The zero-order valence-corrected chi connectivity index (χ0v) is 27.7. The van der Waals surface area contributed by atoms with Gasteiger partial charge in [0, 0.05) is 12.8 Å². The molecule has 44 heavy (non-hydrogen) atoms. The van der Waals surface area contributed by atoms with E-state index in [-0.39, 0.29) is 32.0 Å². The predicted octanol–water partition coefficient (Wildman–Crippen LogP) is 5.49. The summed E-state index contributed by atoms with van der Waals surface area (Å²) in [6.45, 7) is 3.35. The fourth-order valence-electron chi connectivity index (χ4n) is 5.36. The first-order valence-corrected chi connectivity index (χ1v) is 17.6. The Hall–Kier alpha value is -1.30. The second-order valence-electron chi connectivity index (χ2n) is 12.3. The van der Waals surface area contributed by atoms with Crippen LogP contribution >= 0.6 is 0 Å². The molecule has 1 heterocycles. The van der Waals surface area contributed by atoms with E-state index in [4.69, 9.17) is 18.9 Å². The number of carbonyl (C=O) groups is 2. The summed E-state index contributed by atoms with van der Waals surface area (Å²) in [5.74, 6) is -0.808. The van der Waals surface area contributed by atoms with Gasteiger partial charge in [0.05, 0.1) is 13.2 Å². The smallest absolute Gasteiger partial charge is 0.306 e. The zero-order valence-electron chi connectivity index (χ0n) is 27.7. The summed E-state index contributed by atoms with van der Waals surface area (Å²) in [5, 5.41) is 39.7. The van der Waals surface area contributed by atoms with Gasteiger partial charge in [0.2, 0.25) is 0 Å². The molecule has 0 amide bonds. The van der Waals surface area contributed by atoms with Crippen LogP contribution in [0.25, 0.3) is 0 Å². The normalized spacial score (nSPS) is 22.5. The molecule has 0 saturated carbocycles. The number of hydrogen-bond donors (Lipinski definition) is 4. The van der Waals surface area contributed by atoms with Gasteiger partial charge in [-0.15, -0.1) is 0 Å². The number of hydrogen-bond acceptors (Lipinski definition) is 10. The first-order valence-electron chi connectivity index (χ1n) is 17.6. The molecule has 6 atom stereocenters. The molecule has 0 unspecified atom stereocenters. The number of rotatable bonds is 28. The Balaban J connectivity index is 2.43. The van der Waals surface area contributed by atoms with Crippen LogP contribution in [0.2, 0.25) is 0 Å². The maximum atomic E-state index is 12.6. The summed E-state index contributed by atoms with van der Waals surface area (Å²) in [5.41, 5.74) is 0. The minimum absolute atomic E-state index is 0.211. The van der Waals surface area contributed by atoms with Crippen molar-refractivity contribution in [3.8, 4) is 0 Å². The van der Waals surface area contributed by atoms with E-state index in [1.807, 2.05) is 0 Å². The Morgan fingerprint density at radius 3 is 1.55 bits per heavy atom. The molecule has 0 bridgehead atoms. The van der Waals surface area contributed by atoms with Gasteiger partial charge >= 0.3 is 11.9 Å². The topological polar surface area (TPSA) is 152 Å². The lowest BCUT2D eigenvalue weighted by Gasteiger charge is -2.39. The van der Waals surface area contributed by atoms with Crippen molar-refractivity contribution in [1.29, 1.82) is 0 Å². The standard InChI is InChI=1S/C34H64O10/c1-3-5-7-9-11-13-14-15-17-18-20-22-29(36)41-25-27(43-30(37)23-21-19-16-12-10-8-6-4-2)26-42-34-33(40)32(39)31(38)28(24-35)44-34/h27-28,31-35,38-40H,3-26H2,1-2H3/t27-,28-,31+,32+,33-,34-/m1/s1. The highest BCUT2D eigenvalue weighted by molar-refractivity contribution is 5.70. The Labute approximate surface area is 266 Å². The molecule has 1 rings (SSSR count). The van der Waals surface area contributed by atoms with E-state index in [2.05, 4.69) is 13.8 Å². The SMILES string of the molecule is CCCCCCCCCCCCCC(=O)OC[C@H](CO[C@@H]1O[C@H](CO)[C@H](O)[C@H](O)[C@H]1O)OC(=O)CCCCCCCCCC. The number of aliphatic hydroxyl groups excluding tert-OH is 4. The average Bonchev–Trinajstić information content (AvgIpc) is 3.02. The zero-order chi connectivity index (χ0) is 32.4. The van der Waals surface area contributed by atoms with Crippen LogP contribution in [0.1, 0.15) is 149 Å². The van der Waals surface area contributed by atoms with E-state index in [0.29, 0.717) is 6.42 Å². The Bertz CT molecular complexity index is 704. The van der Waals surface area contributed by atoms with Gasteiger partial charge in [-0.05, 0) is 12.8 Å². The molecule has 0 aromatic carbocycles. The van der Waals surface area contributed by atoms with Crippen LogP contribution in [0.4, 0.5) is 0 Å². The third kappa shape index (κ3) is 19.3. The molecule has 0 spiro atoms. The third-order valence-corrected chi connectivity index (χ3v) is 8.24. The van der Waals surface area contributed by atoms with E-state index < -0.39 is 49.4 Å². The number of esters is 2. The molecule has 0 aromatic rings. The van der Waals surface area contributed by atoms with Crippen molar-refractivity contribution in [3.63, 3.8) is 0 Å². The maximum absolute atomic E-state index is 12.6. The van der Waals surface area contributed by atoms with Crippen molar-refractivity contribution < 1.29 is 49.0 Å². The van der Waals surface area contributed by atoms with Gasteiger partial charge in [-0.1, -0.05) is 123 Å². The van der Waals surface area contributed by atoms with E-state index in [0.717, 1.165) is 38.5 Å². The summed E-state index contributed by atoms with van der Waals surface area (Å²) in [6, 6.07) is 0. The lowest BCUT2D eigenvalue weighted by Crippen LogP contribution is -2.59. The Morgan fingerprint density at radius 1 is 0.614 bits per heavy atom. The molecule has 0 aliphatic carbocycles. The van der Waals surface area contributed by atoms with E-state index in [1.165, 1.54) is 77.0 Å². The van der Waals surface area contributed by atoms with Gasteiger partial charge in [0.1, 0.15) is 31.0 Å². The molecule has 10 heteroatoms. The summed E-state index contributed by atoms with van der Waals surface area (Å²) in [6.07, 6.45) is 14.2. The molecule has 1 aliphatic rings. The Morgan fingerprint density at radius 2 is 1.07 bits per heavy atom. The molecule has 1 fully saturated rings. The van der Waals surface area contributed by atoms with Crippen molar-refractivity contribution in [1.82, 2.24) is 0 Å². The van der Waals surface area contributed by atoms with E-state index >= 15 is 0 Å². The Kier molecular flexibility index (Phi) is 24.9. The van der Waals surface area contributed by atoms with Gasteiger partial charge in [0.25, 0.3) is 0 Å². The molecular weight excluding hydrogens is 568 g/mol. The van der Waals surface area contributed by atoms with E-state index in [9.17, 15) is 30.0 Å². The summed E-state index contributed by atoms with van der Waals surface area (Å²) in [4.78, 5) is 25.0. The molecule has 260 valence electrons. The molecule has 0 aromatic heterocycles. The molecule has 10 nitrogen and oxygen atoms in total. The second kappa shape index (κ2) is 26.9. The average molecular weight is 633 g/mol. The van der Waals surface area contributed by atoms with Gasteiger partial charge in [-0.2, -0.15) is 0 Å². The van der Waals surface area contributed by atoms with Crippen LogP contribution in [-0.4, -0.2) is 89.0 Å². The molecule has 1 aliphatic heterocycles. The highest BCUT2D eigenvalue weighted by Gasteiger charge is 2.44. The highest BCUT2D eigenvalue weighted by atomic mass is 16.7. The number of unbranched alkanes of at least 4 members (excludes halogenated alkanes) is 17. The monoisotopic (exact) mass is 632 g/mol. The first kappa shape index (κ1) is 40.7. The summed E-state index contributed by atoms with van der Waals surface area (Å²) in [7, 11) is 0. The van der Waals surface area contributed by atoms with Crippen molar-refractivity contribution in [2.24, 2.45) is 0 Å². The third-order valence-electron chi connectivity index (χ3n) is 8.24. The van der Waals surface area contributed by atoms with Crippen LogP contribution in [0.5, 0.6) is 0 Å². The predicted molar refractivity (Wildman–Crippen MR) is 169 cm³/mol. The lowest BCUT2D eigenvalue weighted by atomic mass is 9.99. The molecule has 0 radical (unpaired) electrons.